The first-order valence-electron chi connectivity index (χ1n) is 3.58. The number of nitrogens with two attached hydrogens (primary N) is 1. The quantitative estimate of drug-likeness (QED) is 0.707. The van der Waals surface area contributed by atoms with E-state index in [0.29, 0.717) is 0 Å². The highest BCUT2D eigenvalue weighted by atomic mass is 35.5. The topological polar surface area (TPSA) is 83.6 Å². The molecule has 1 atom stereocenters. The summed E-state index contributed by atoms with van der Waals surface area (Å²) in [7, 11) is -4.42. The van der Waals surface area contributed by atoms with Crippen LogP contribution in [0.15, 0.2) is 18.2 Å². The van der Waals surface area contributed by atoms with E-state index in [1.54, 1.807) is 6.07 Å². The highest BCUT2D eigenvalue weighted by molar-refractivity contribution is 7.52. The lowest BCUT2D eigenvalue weighted by molar-refractivity contribution is 0.359. The molecule has 0 saturated carbocycles. The van der Waals surface area contributed by atoms with Crippen molar-refractivity contribution in [2.75, 3.05) is 0 Å². The lowest BCUT2D eigenvalue weighted by Gasteiger charge is -2.16. The zero-order valence-electron chi connectivity index (χ0n) is 6.89. The Kier molecular flexibility index (Phi) is 3.58. The average molecular weight is 256 g/mol. The molecule has 1 aromatic carbocycles. The van der Waals surface area contributed by atoms with Crippen LogP contribution in [0, 0.1) is 0 Å². The molecule has 0 aliphatic rings. The van der Waals surface area contributed by atoms with Gasteiger partial charge < -0.3 is 15.5 Å². The van der Waals surface area contributed by atoms with Gasteiger partial charge in [-0.1, -0.05) is 29.3 Å². The van der Waals surface area contributed by atoms with Crippen LogP contribution in [0.2, 0.25) is 10.0 Å². The zero-order valence-corrected chi connectivity index (χ0v) is 9.30. The fourth-order valence-electron chi connectivity index (χ4n) is 0.961. The second kappa shape index (κ2) is 4.19. The Balaban J connectivity index is 3.26. The van der Waals surface area contributed by atoms with Gasteiger partial charge in [0.1, 0.15) is 5.78 Å². The summed E-state index contributed by atoms with van der Waals surface area (Å²) in [6, 6.07) is 4.51. The zero-order chi connectivity index (χ0) is 10.9. The SMILES string of the molecule is NC(c1c(Cl)cccc1Cl)P(=O)(O)O. The number of rotatable bonds is 2. The molecule has 1 unspecified atom stereocenters. The molecule has 14 heavy (non-hydrogen) atoms. The van der Waals surface area contributed by atoms with Gasteiger partial charge in [0.2, 0.25) is 0 Å². The Bertz CT molecular complexity index is 372. The Morgan fingerprint density at radius 3 is 2.07 bits per heavy atom. The molecule has 0 spiro atoms. The monoisotopic (exact) mass is 255 g/mol. The molecule has 1 rings (SSSR count). The third-order valence-electron chi connectivity index (χ3n) is 1.66. The minimum Gasteiger partial charge on any atom is -0.323 e. The van der Waals surface area contributed by atoms with Crippen molar-refractivity contribution in [3.8, 4) is 0 Å². The van der Waals surface area contributed by atoms with Crippen molar-refractivity contribution in [3.63, 3.8) is 0 Å². The van der Waals surface area contributed by atoms with Gasteiger partial charge in [-0.15, -0.1) is 0 Å². The Morgan fingerprint density at radius 2 is 1.71 bits per heavy atom. The van der Waals surface area contributed by atoms with Crippen LogP contribution < -0.4 is 5.73 Å². The lowest BCUT2D eigenvalue weighted by Crippen LogP contribution is -2.11. The molecular formula is C7H8Cl2NO3P. The molecule has 0 aromatic heterocycles. The highest BCUT2D eigenvalue weighted by Gasteiger charge is 2.29. The summed E-state index contributed by atoms with van der Waals surface area (Å²) in [5.74, 6) is -1.48. The Labute approximate surface area is 90.8 Å². The highest BCUT2D eigenvalue weighted by Crippen LogP contribution is 2.51. The van der Waals surface area contributed by atoms with Gasteiger partial charge in [-0.3, -0.25) is 4.57 Å². The van der Waals surface area contributed by atoms with Gasteiger partial charge in [-0.25, -0.2) is 0 Å². The maximum atomic E-state index is 10.9. The van der Waals surface area contributed by atoms with E-state index in [9.17, 15) is 4.57 Å². The molecule has 78 valence electrons. The second-order valence-corrected chi connectivity index (χ2v) is 5.22. The van der Waals surface area contributed by atoms with E-state index >= 15 is 0 Å². The van der Waals surface area contributed by atoms with Crippen LogP contribution in [0.25, 0.3) is 0 Å². The molecule has 4 nitrogen and oxygen atoms in total. The summed E-state index contributed by atoms with van der Waals surface area (Å²) in [5, 5.41) is 0.293. The van der Waals surface area contributed by atoms with E-state index in [4.69, 9.17) is 38.7 Å². The fraction of sp³-hybridized carbons (Fsp3) is 0.143. The minimum atomic E-state index is -4.42. The van der Waals surface area contributed by atoms with E-state index in [-0.39, 0.29) is 15.6 Å². The normalized spacial score (nSPS) is 14.1. The van der Waals surface area contributed by atoms with Crippen LogP contribution in [0.1, 0.15) is 11.3 Å². The second-order valence-electron chi connectivity index (χ2n) is 2.67. The molecule has 4 N–H and O–H groups in total. The number of hydrogen-bond donors (Lipinski definition) is 3. The summed E-state index contributed by atoms with van der Waals surface area (Å²) in [4.78, 5) is 17.7. The summed E-state index contributed by atoms with van der Waals surface area (Å²) in [5.41, 5.74) is 5.42. The molecule has 0 saturated heterocycles. The average Bonchev–Trinajstić information content (AvgIpc) is 2.01. The van der Waals surface area contributed by atoms with Crippen molar-refractivity contribution in [3.05, 3.63) is 33.8 Å². The molecule has 0 radical (unpaired) electrons. The number of benzene rings is 1. The molecule has 0 fully saturated rings. The van der Waals surface area contributed by atoms with Crippen LogP contribution in [0.5, 0.6) is 0 Å². The molecule has 0 aliphatic heterocycles. The first-order valence-corrected chi connectivity index (χ1v) is 6.02. The van der Waals surface area contributed by atoms with E-state index in [1.807, 2.05) is 0 Å². The standard InChI is InChI=1S/C7H8Cl2NO3P/c8-4-2-1-3-5(9)6(4)7(10)14(11,12)13/h1-3,7H,10H2,(H2,11,12,13). The van der Waals surface area contributed by atoms with E-state index in [2.05, 4.69) is 0 Å². The van der Waals surface area contributed by atoms with Crippen molar-refractivity contribution in [1.29, 1.82) is 0 Å². The maximum Gasteiger partial charge on any atom is 0.346 e. The van der Waals surface area contributed by atoms with Crippen LogP contribution >= 0.6 is 30.8 Å². The minimum absolute atomic E-state index is 0.0733. The van der Waals surface area contributed by atoms with Gasteiger partial charge in [-0.2, -0.15) is 0 Å². The van der Waals surface area contributed by atoms with Gasteiger partial charge in [0.15, 0.2) is 0 Å². The van der Waals surface area contributed by atoms with Crippen LogP contribution in [-0.4, -0.2) is 9.79 Å². The van der Waals surface area contributed by atoms with Crippen molar-refractivity contribution >= 4 is 30.8 Å². The van der Waals surface area contributed by atoms with Crippen molar-refractivity contribution < 1.29 is 14.4 Å². The van der Waals surface area contributed by atoms with Crippen molar-refractivity contribution in [2.45, 2.75) is 5.78 Å². The summed E-state index contributed by atoms with van der Waals surface area (Å²) in [6.07, 6.45) is 0. The first-order chi connectivity index (χ1) is 6.34. The molecule has 0 bridgehead atoms. The molecule has 7 heteroatoms. The van der Waals surface area contributed by atoms with Crippen LogP contribution in [0.3, 0.4) is 0 Å². The summed E-state index contributed by atoms with van der Waals surface area (Å²) >= 11 is 11.4. The Hall–Kier alpha value is -0.0900. The summed E-state index contributed by atoms with van der Waals surface area (Å²) in [6.45, 7) is 0. The van der Waals surface area contributed by atoms with Gasteiger partial charge in [-0.05, 0) is 12.1 Å². The largest absolute Gasteiger partial charge is 0.346 e. The smallest absolute Gasteiger partial charge is 0.323 e. The summed E-state index contributed by atoms with van der Waals surface area (Å²) < 4.78 is 10.9. The molecule has 1 aromatic rings. The van der Waals surface area contributed by atoms with Crippen LogP contribution in [-0.2, 0) is 4.57 Å². The van der Waals surface area contributed by atoms with Crippen LogP contribution in [0.4, 0.5) is 0 Å². The van der Waals surface area contributed by atoms with Gasteiger partial charge in [0, 0.05) is 15.6 Å². The molecule has 0 heterocycles. The fourth-order valence-corrected chi connectivity index (χ4v) is 2.36. The first kappa shape index (κ1) is 12.0. The van der Waals surface area contributed by atoms with E-state index < -0.39 is 13.4 Å². The Morgan fingerprint density at radius 1 is 1.29 bits per heavy atom. The molecule has 0 aliphatic carbocycles. The third-order valence-corrected chi connectivity index (χ3v) is 3.30. The number of hydrogen-bond acceptors (Lipinski definition) is 2. The van der Waals surface area contributed by atoms with Gasteiger partial charge >= 0.3 is 7.60 Å². The molecular weight excluding hydrogens is 248 g/mol. The number of halogens is 2. The van der Waals surface area contributed by atoms with Gasteiger partial charge in [0.05, 0.1) is 0 Å². The maximum absolute atomic E-state index is 10.9. The van der Waals surface area contributed by atoms with E-state index in [1.165, 1.54) is 12.1 Å². The predicted octanol–water partition coefficient (Wildman–Crippen LogP) is 2.13. The van der Waals surface area contributed by atoms with Crippen molar-refractivity contribution in [1.82, 2.24) is 0 Å². The predicted molar refractivity (Wildman–Crippen MR) is 55.4 cm³/mol. The van der Waals surface area contributed by atoms with Gasteiger partial charge in [0.25, 0.3) is 0 Å². The van der Waals surface area contributed by atoms with Crippen molar-refractivity contribution in [2.24, 2.45) is 5.73 Å². The molecule has 0 amide bonds. The third kappa shape index (κ3) is 2.48. The van der Waals surface area contributed by atoms with E-state index in [0.717, 1.165) is 0 Å². The lowest BCUT2D eigenvalue weighted by atomic mass is 10.2.